The minimum atomic E-state index is -0.835. The smallest absolute Gasteiger partial charge is 0.317 e. The number of ether oxygens (including phenoxy) is 1. The zero-order chi connectivity index (χ0) is 16.3. The highest BCUT2D eigenvalue weighted by atomic mass is 35.5. The van der Waals surface area contributed by atoms with E-state index in [1.807, 2.05) is 43.3 Å². The van der Waals surface area contributed by atoms with Crippen molar-refractivity contribution < 1.29 is 14.3 Å². The molecule has 2 aromatic carbocycles. The summed E-state index contributed by atoms with van der Waals surface area (Å²) in [5.74, 6) is -1.88. The number of hydrogen-bond donors (Lipinski definition) is 0. The van der Waals surface area contributed by atoms with Crippen LogP contribution in [0.15, 0.2) is 36.4 Å². The first-order valence-corrected chi connectivity index (χ1v) is 7.69. The minimum absolute atomic E-state index is 0.213. The van der Waals surface area contributed by atoms with Crippen molar-refractivity contribution >= 4 is 34.1 Å². The molecule has 0 aliphatic heterocycles. The lowest BCUT2D eigenvalue weighted by Gasteiger charge is -2.22. The Hall–Kier alpha value is -1.87. The van der Waals surface area contributed by atoms with Gasteiger partial charge in [-0.05, 0) is 24.8 Å². The predicted octanol–water partition coefficient (Wildman–Crippen LogP) is 4.37. The molecule has 0 saturated heterocycles. The quantitative estimate of drug-likeness (QED) is 0.607. The molecule has 0 heterocycles. The van der Waals surface area contributed by atoms with E-state index in [0.717, 1.165) is 16.3 Å². The van der Waals surface area contributed by atoms with Crippen molar-refractivity contribution in [3.8, 4) is 0 Å². The van der Waals surface area contributed by atoms with Gasteiger partial charge in [-0.15, -0.1) is 0 Å². The van der Waals surface area contributed by atoms with Crippen molar-refractivity contribution in [2.75, 3.05) is 6.61 Å². The maximum atomic E-state index is 12.1. The lowest BCUT2D eigenvalue weighted by atomic mass is 9.84. The first-order valence-electron chi connectivity index (χ1n) is 7.31. The van der Waals surface area contributed by atoms with Crippen LogP contribution in [0.25, 0.3) is 10.8 Å². The Labute approximate surface area is 135 Å². The number of carbonyl (C=O) groups excluding carboxylic acids is 2. The normalized spacial score (nSPS) is 13.6. The van der Waals surface area contributed by atoms with Crippen molar-refractivity contribution in [2.45, 2.75) is 26.7 Å². The SMILES string of the molecule is CCOC(=O)C(C(C)=O)C(C)c1ccc2ccccc2c1Cl. The second kappa shape index (κ2) is 6.93. The summed E-state index contributed by atoms with van der Waals surface area (Å²) in [5, 5.41) is 2.53. The molecule has 0 radical (unpaired) electrons. The summed E-state index contributed by atoms with van der Waals surface area (Å²) < 4.78 is 5.03. The summed E-state index contributed by atoms with van der Waals surface area (Å²) in [6, 6.07) is 11.6. The zero-order valence-corrected chi connectivity index (χ0v) is 13.7. The van der Waals surface area contributed by atoms with Crippen molar-refractivity contribution in [1.82, 2.24) is 0 Å². The molecule has 116 valence electrons. The Balaban J connectivity index is 2.47. The van der Waals surface area contributed by atoms with Gasteiger partial charge in [0.1, 0.15) is 11.7 Å². The van der Waals surface area contributed by atoms with Crippen molar-refractivity contribution in [3.05, 3.63) is 47.0 Å². The van der Waals surface area contributed by atoms with Gasteiger partial charge in [0.2, 0.25) is 0 Å². The fraction of sp³-hybridized carbons (Fsp3) is 0.333. The molecule has 2 atom stereocenters. The highest BCUT2D eigenvalue weighted by Crippen LogP contribution is 2.36. The Morgan fingerprint density at radius 1 is 1.18 bits per heavy atom. The number of halogens is 1. The van der Waals surface area contributed by atoms with Gasteiger partial charge in [-0.3, -0.25) is 9.59 Å². The van der Waals surface area contributed by atoms with Gasteiger partial charge in [-0.1, -0.05) is 54.9 Å². The molecule has 0 spiro atoms. The largest absolute Gasteiger partial charge is 0.465 e. The monoisotopic (exact) mass is 318 g/mol. The summed E-state index contributed by atoms with van der Waals surface area (Å²) in [7, 11) is 0. The molecule has 0 amide bonds. The van der Waals surface area contributed by atoms with Gasteiger partial charge in [-0.2, -0.15) is 0 Å². The first kappa shape index (κ1) is 16.5. The summed E-state index contributed by atoms with van der Waals surface area (Å²) >= 11 is 6.50. The molecule has 0 aliphatic carbocycles. The average molecular weight is 319 g/mol. The molecule has 0 saturated carbocycles. The van der Waals surface area contributed by atoms with Crippen LogP contribution in [0.1, 0.15) is 32.3 Å². The molecule has 0 aromatic heterocycles. The number of hydrogen-bond acceptors (Lipinski definition) is 3. The van der Waals surface area contributed by atoms with E-state index in [1.165, 1.54) is 6.92 Å². The number of carbonyl (C=O) groups is 2. The third kappa shape index (κ3) is 3.14. The van der Waals surface area contributed by atoms with E-state index in [4.69, 9.17) is 16.3 Å². The lowest BCUT2D eigenvalue weighted by molar-refractivity contribution is -0.151. The predicted molar refractivity (Wildman–Crippen MR) is 88.2 cm³/mol. The van der Waals surface area contributed by atoms with Gasteiger partial charge < -0.3 is 4.74 Å². The van der Waals surface area contributed by atoms with Crippen LogP contribution in [0.2, 0.25) is 5.02 Å². The molecule has 0 N–H and O–H groups in total. The van der Waals surface area contributed by atoms with Crippen LogP contribution in [-0.4, -0.2) is 18.4 Å². The zero-order valence-electron chi connectivity index (χ0n) is 12.9. The van der Waals surface area contributed by atoms with Gasteiger partial charge in [0.25, 0.3) is 0 Å². The van der Waals surface area contributed by atoms with Crippen LogP contribution in [0.3, 0.4) is 0 Å². The maximum absolute atomic E-state index is 12.1. The highest BCUT2D eigenvalue weighted by molar-refractivity contribution is 6.36. The minimum Gasteiger partial charge on any atom is -0.465 e. The average Bonchev–Trinajstić information content (AvgIpc) is 2.47. The van der Waals surface area contributed by atoms with Crippen LogP contribution < -0.4 is 0 Å². The molecular weight excluding hydrogens is 300 g/mol. The van der Waals surface area contributed by atoms with Crippen molar-refractivity contribution in [1.29, 1.82) is 0 Å². The summed E-state index contributed by atoms with van der Waals surface area (Å²) in [4.78, 5) is 24.0. The Morgan fingerprint density at radius 3 is 2.50 bits per heavy atom. The lowest BCUT2D eigenvalue weighted by Crippen LogP contribution is -2.29. The molecule has 0 bridgehead atoms. The summed E-state index contributed by atoms with van der Waals surface area (Å²) in [6.45, 7) is 5.22. The Bertz CT molecular complexity index is 709. The molecule has 0 aliphatic rings. The number of benzene rings is 2. The fourth-order valence-electron chi connectivity index (χ4n) is 2.74. The van der Waals surface area contributed by atoms with E-state index in [2.05, 4.69) is 0 Å². The third-order valence-electron chi connectivity index (χ3n) is 3.86. The van der Waals surface area contributed by atoms with Crippen LogP contribution >= 0.6 is 11.6 Å². The molecule has 0 fully saturated rings. The van der Waals surface area contributed by atoms with Crippen molar-refractivity contribution in [2.24, 2.45) is 5.92 Å². The summed E-state index contributed by atoms with van der Waals surface area (Å²) in [5.41, 5.74) is 0.786. The van der Waals surface area contributed by atoms with E-state index in [-0.39, 0.29) is 18.3 Å². The Morgan fingerprint density at radius 2 is 1.86 bits per heavy atom. The summed E-state index contributed by atoms with van der Waals surface area (Å²) in [6.07, 6.45) is 0. The number of ketones is 1. The van der Waals surface area contributed by atoms with Gasteiger partial charge in [0.15, 0.2) is 0 Å². The number of esters is 1. The van der Waals surface area contributed by atoms with Gasteiger partial charge >= 0.3 is 5.97 Å². The number of Topliss-reactive ketones (excluding diaryl/α,β-unsaturated/α-hetero) is 1. The third-order valence-corrected chi connectivity index (χ3v) is 4.28. The van der Waals surface area contributed by atoms with Gasteiger partial charge in [-0.25, -0.2) is 0 Å². The van der Waals surface area contributed by atoms with Gasteiger partial charge in [0, 0.05) is 11.3 Å². The van der Waals surface area contributed by atoms with Crippen LogP contribution in [-0.2, 0) is 14.3 Å². The van der Waals surface area contributed by atoms with E-state index in [0.29, 0.717) is 5.02 Å². The number of fused-ring (bicyclic) bond motifs is 1. The molecule has 2 rings (SSSR count). The second-order valence-electron chi connectivity index (χ2n) is 5.32. The first-order chi connectivity index (χ1) is 10.5. The van der Waals surface area contributed by atoms with Crippen LogP contribution in [0, 0.1) is 5.92 Å². The molecule has 2 unspecified atom stereocenters. The molecule has 2 aromatic rings. The molecule has 22 heavy (non-hydrogen) atoms. The van der Waals surface area contributed by atoms with E-state index in [9.17, 15) is 9.59 Å². The fourth-order valence-corrected chi connectivity index (χ4v) is 3.14. The number of rotatable bonds is 5. The topological polar surface area (TPSA) is 43.4 Å². The molecular formula is C18H19ClO3. The van der Waals surface area contributed by atoms with Crippen LogP contribution in [0.4, 0.5) is 0 Å². The molecule has 4 heteroatoms. The maximum Gasteiger partial charge on any atom is 0.317 e. The Kier molecular flexibility index (Phi) is 5.19. The van der Waals surface area contributed by atoms with Crippen LogP contribution in [0.5, 0.6) is 0 Å². The second-order valence-corrected chi connectivity index (χ2v) is 5.70. The standard InChI is InChI=1S/C18H19ClO3/c1-4-22-18(21)16(12(3)20)11(2)14-10-9-13-7-5-6-8-15(13)17(14)19/h5-11,16H,4H2,1-3H3. The van der Waals surface area contributed by atoms with E-state index >= 15 is 0 Å². The van der Waals surface area contributed by atoms with Crippen molar-refractivity contribution in [3.63, 3.8) is 0 Å². The van der Waals surface area contributed by atoms with E-state index in [1.54, 1.807) is 6.92 Å². The highest BCUT2D eigenvalue weighted by Gasteiger charge is 2.33. The molecule has 3 nitrogen and oxygen atoms in total. The van der Waals surface area contributed by atoms with Gasteiger partial charge in [0.05, 0.1) is 11.6 Å². The van der Waals surface area contributed by atoms with E-state index < -0.39 is 11.9 Å².